The van der Waals surface area contributed by atoms with Crippen molar-refractivity contribution in [2.24, 2.45) is 0 Å². The summed E-state index contributed by atoms with van der Waals surface area (Å²) in [5, 5.41) is 11.7. The van der Waals surface area contributed by atoms with Crippen LogP contribution in [0.5, 0.6) is 0 Å². The number of aromatic nitrogens is 2. The van der Waals surface area contributed by atoms with Crippen molar-refractivity contribution >= 4 is 22.3 Å². The van der Waals surface area contributed by atoms with Crippen molar-refractivity contribution in [2.45, 2.75) is 52.0 Å². The first-order valence-electron chi connectivity index (χ1n) is 7.23. The van der Waals surface area contributed by atoms with E-state index in [-0.39, 0.29) is 0 Å². The van der Waals surface area contributed by atoms with E-state index in [2.05, 4.69) is 35.4 Å². The van der Waals surface area contributed by atoms with Crippen LogP contribution in [0.1, 0.15) is 46.0 Å². The Labute approximate surface area is 114 Å². The third kappa shape index (κ3) is 3.40. The molecule has 19 heavy (non-hydrogen) atoms. The zero-order chi connectivity index (χ0) is 13.7. The van der Waals surface area contributed by atoms with Crippen molar-refractivity contribution in [3.8, 4) is 0 Å². The van der Waals surface area contributed by atoms with Crippen LogP contribution in [0, 0.1) is 0 Å². The zero-order valence-electron chi connectivity index (χ0n) is 11.9. The van der Waals surface area contributed by atoms with Crippen LogP contribution in [0.15, 0.2) is 18.3 Å². The van der Waals surface area contributed by atoms with Crippen molar-refractivity contribution < 1.29 is 0 Å². The molecule has 1 aromatic carbocycles. The van der Waals surface area contributed by atoms with Gasteiger partial charge in [-0.2, -0.15) is 5.10 Å². The molecule has 0 fully saturated rings. The molecule has 0 spiro atoms. The highest BCUT2D eigenvalue weighted by Gasteiger charge is 2.10. The standard InChI is InChI=1S/C15H24N4/c1-3-5-7-12(6-4-2)18-15-9-14-11(8-13(15)16)10-17-19-14/h8-10,12,18H,3-7,16H2,1-2H3,(H,17,19). The number of hydrogen-bond acceptors (Lipinski definition) is 3. The quantitative estimate of drug-likeness (QED) is 0.661. The molecule has 0 aliphatic rings. The number of rotatable bonds is 7. The molecule has 1 aromatic heterocycles. The fourth-order valence-electron chi connectivity index (χ4n) is 2.44. The number of nitrogens with zero attached hydrogens (tertiary/aromatic N) is 1. The van der Waals surface area contributed by atoms with Crippen LogP contribution in [-0.4, -0.2) is 16.2 Å². The van der Waals surface area contributed by atoms with E-state index in [1.165, 1.54) is 32.1 Å². The van der Waals surface area contributed by atoms with Gasteiger partial charge in [0, 0.05) is 11.4 Å². The van der Waals surface area contributed by atoms with Crippen LogP contribution >= 0.6 is 0 Å². The van der Waals surface area contributed by atoms with E-state index in [9.17, 15) is 0 Å². The fourth-order valence-corrected chi connectivity index (χ4v) is 2.44. The SMILES string of the molecule is CCCCC(CCC)Nc1cc2[nH]ncc2cc1N. The topological polar surface area (TPSA) is 66.7 Å². The molecule has 0 aliphatic heterocycles. The molecule has 4 heteroatoms. The Kier molecular flexibility index (Phi) is 4.66. The van der Waals surface area contributed by atoms with Gasteiger partial charge < -0.3 is 11.1 Å². The number of nitrogens with one attached hydrogen (secondary N) is 2. The summed E-state index contributed by atoms with van der Waals surface area (Å²) in [7, 11) is 0. The fraction of sp³-hybridized carbons (Fsp3) is 0.533. The average Bonchev–Trinajstić information content (AvgIpc) is 2.83. The van der Waals surface area contributed by atoms with Gasteiger partial charge in [-0.05, 0) is 25.0 Å². The lowest BCUT2D eigenvalue weighted by Gasteiger charge is -2.20. The molecule has 0 amide bonds. The molecule has 0 saturated heterocycles. The van der Waals surface area contributed by atoms with Crippen LogP contribution in [0.25, 0.3) is 10.9 Å². The number of fused-ring (bicyclic) bond motifs is 1. The smallest absolute Gasteiger partial charge is 0.0672 e. The lowest BCUT2D eigenvalue weighted by molar-refractivity contribution is 0.565. The van der Waals surface area contributed by atoms with Crippen molar-refractivity contribution in [2.75, 3.05) is 11.1 Å². The molecule has 104 valence electrons. The van der Waals surface area contributed by atoms with Gasteiger partial charge in [-0.3, -0.25) is 5.10 Å². The summed E-state index contributed by atoms with van der Waals surface area (Å²) in [6, 6.07) is 4.55. The van der Waals surface area contributed by atoms with E-state index in [1.54, 1.807) is 6.20 Å². The first-order chi connectivity index (χ1) is 9.24. The molecular formula is C15H24N4. The second-order valence-corrected chi connectivity index (χ2v) is 5.17. The number of hydrogen-bond donors (Lipinski definition) is 3. The molecule has 1 atom stereocenters. The summed E-state index contributed by atoms with van der Waals surface area (Å²) >= 11 is 0. The number of H-pyrrole nitrogens is 1. The average molecular weight is 260 g/mol. The molecule has 0 saturated carbocycles. The predicted molar refractivity (Wildman–Crippen MR) is 82.3 cm³/mol. The summed E-state index contributed by atoms with van der Waals surface area (Å²) < 4.78 is 0. The molecule has 0 bridgehead atoms. The predicted octanol–water partition coefficient (Wildman–Crippen LogP) is 3.92. The molecule has 2 aromatic rings. The van der Waals surface area contributed by atoms with Crippen LogP contribution in [0.4, 0.5) is 11.4 Å². The molecular weight excluding hydrogens is 236 g/mol. The molecule has 0 radical (unpaired) electrons. The van der Waals surface area contributed by atoms with E-state index in [0.717, 1.165) is 22.3 Å². The number of anilines is 2. The van der Waals surface area contributed by atoms with Crippen molar-refractivity contribution in [1.29, 1.82) is 0 Å². The summed E-state index contributed by atoms with van der Waals surface area (Å²) in [5.41, 5.74) is 8.96. The van der Waals surface area contributed by atoms with Gasteiger partial charge in [0.05, 0.1) is 23.1 Å². The van der Waals surface area contributed by atoms with Gasteiger partial charge >= 0.3 is 0 Å². The Morgan fingerprint density at radius 3 is 2.84 bits per heavy atom. The Bertz CT molecular complexity index is 518. The number of aromatic amines is 1. The van der Waals surface area contributed by atoms with Crippen LogP contribution < -0.4 is 11.1 Å². The third-order valence-electron chi connectivity index (χ3n) is 3.51. The van der Waals surface area contributed by atoms with Crippen LogP contribution in [0.3, 0.4) is 0 Å². The lowest BCUT2D eigenvalue weighted by atomic mass is 10.0. The first-order valence-corrected chi connectivity index (χ1v) is 7.23. The molecule has 1 unspecified atom stereocenters. The Balaban J connectivity index is 2.14. The van der Waals surface area contributed by atoms with Crippen molar-refractivity contribution in [3.63, 3.8) is 0 Å². The molecule has 4 N–H and O–H groups in total. The Hall–Kier alpha value is -1.71. The monoisotopic (exact) mass is 260 g/mol. The van der Waals surface area contributed by atoms with Gasteiger partial charge in [0.1, 0.15) is 0 Å². The molecule has 0 aliphatic carbocycles. The highest BCUT2D eigenvalue weighted by atomic mass is 15.1. The maximum Gasteiger partial charge on any atom is 0.0672 e. The summed E-state index contributed by atoms with van der Waals surface area (Å²) in [6.45, 7) is 4.45. The minimum Gasteiger partial charge on any atom is -0.397 e. The zero-order valence-corrected chi connectivity index (χ0v) is 11.9. The van der Waals surface area contributed by atoms with Gasteiger partial charge in [0.2, 0.25) is 0 Å². The second kappa shape index (κ2) is 6.45. The maximum absolute atomic E-state index is 6.11. The van der Waals surface area contributed by atoms with E-state index >= 15 is 0 Å². The van der Waals surface area contributed by atoms with Gasteiger partial charge in [0.15, 0.2) is 0 Å². The third-order valence-corrected chi connectivity index (χ3v) is 3.51. The van der Waals surface area contributed by atoms with Gasteiger partial charge in [-0.1, -0.05) is 33.1 Å². The van der Waals surface area contributed by atoms with E-state index in [4.69, 9.17) is 5.73 Å². The number of nitrogen functional groups attached to an aromatic ring is 1. The highest BCUT2D eigenvalue weighted by molar-refractivity contribution is 5.88. The second-order valence-electron chi connectivity index (χ2n) is 5.17. The minimum atomic E-state index is 0.507. The van der Waals surface area contributed by atoms with Gasteiger partial charge in [0.25, 0.3) is 0 Å². The summed E-state index contributed by atoms with van der Waals surface area (Å²) in [5.74, 6) is 0. The molecule has 1 heterocycles. The van der Waals surface area contributed by atoms with E-state index in [0.29, 0.717) is 6.04 Å². The van der Waals surface area contributed by atoms with Crippen LogP contribution in [-0.2, 0) is 0 Å². The number of unbranched alkanes of at least 4 members (excludes halogenated alkanes) is 1. The highest BCUT2D eigenvalue weighted by Crippen LogP contribution is 2.26. The van der Waals surface area contributed by atoms with E-state index in [1.807, 2.05) is 6.07 Å². The normalized spacial score (nSPS) is 12.7. The largest absolute Gasteiger partial charge is 0.397 e. The van der Waals surface area contributed by atoms with Crippen molar-refractivity contribution in [1.82, 2.24) is 10.2 Å². The minimum absolute atomic E-state index is 0.507. The van der Waals surface area contributed by atoms with Crippen molar-refractivity contribution in [3.05, 3.63) is 18.3 Å². The first kappa shape index (κ1) is 13.7. The Morgan fingerprint density at radius 2 is 2.11 bits per heavy atom. The molecule has 4 nitrogen and oxygen atoms in total. The van der Waals surface area contributed by atoms with Crippen LogP contribution in [0.2, 0.25) is 0 Å². The van der Waals surface area contributed by atoms with Gasteiger partial charge in [-0.15, -0.1) is 0 Å². The van der Waals surface area contributed by atoms with Gasteiger partial charge in [-0.25, -0.2) is 0 Å². The molecule has 2 rings (SSSR count). The number of benzene rings is 1. The summed E-state index contributed by atoms with van der Waals surface area (Å²) in [6.07, 6.45) is 7.86. The number of nitrogens with two attached hydrogens (primary N) is 1. The summed E-state index contributed by atoms with van der Waals surface area (Å²) in [4.78, 5) is 0. The lowest BCUT2D eigenvalue weighted by Crippen LogP contribution is -2.19. The Morgan fingerprint density at radius 1 is 1.26 bits per heavy atom. The van der Waals surface area contributed by atoms with E-state index < -0.39 is 0 Å². The maximum atomic E-state index is 6.11.